The lowest BCUT2D eigenvalue weighted by Gasteiger charge is -2.48. The highest BCUT2D eigenvalue weighted by molar-refractivity contribution is 5.97. The molecule has 12 heteroatoms. The molecule has 4 heterocycles. The molecule has 0 saturated carbocycles. The van der Waals surface area contributed by atoms with Crippen LogP contribution in [0.15, 0.2) is 12.3 Å². The van der Waals surface area contributed by atoms with E-state index in [2.05, 4.69) is 27.0 Å². The summed E-state index contributed by atoms with van der Waals surface area (Å²) in [6, 6.07) is 1.72. The summed E-state index contributed by atoms with van der Waals surface area (Å²) in [4.78, 5) is 24.0. The Kier molecular flexibility index (Phi) is 11.6. The van der Waals surface area contributed by atoms with E-state index in [1.54, 1.807) is 11.8 Å². The summed E-state index contributed by atoms with van der Waals surface area (Å²) in [5.41, 5.74) is 0.282. The predicted octanol–water partition coefficient (Wildman–Crippen LogP) is 3.19. The number of carbonyl (C=O) groups is 1. The number of carbonyl (C=O) groups excluding carboxylic acids is 1. The smallest absolute Gasteiger partial charge is 0.289 e. The molecule has 0 aliphatic carbocycles. The number of aliphatic hydroxyl groups is 1. The van der Waals surface area contributed by atoms with Gasteiger partial charge in [0.25, 0.3) is 5.92 Å². The van der Waals surface area contributed by atoms with Crippen LogP contribution in [0.25, 0.3) is 0 Å². The maximum atomic E-state index is 14.7. The number of hydrogen-bond acceptors (Lipinski definition) is 7. The summed E-state index contributed by atoms with van der Waals surface area (Å²) in [5, 5.41) is 13.6. The van der Waals surface area contributed by atoms with Gasteiger partial charge in [0.2, 0.25) is 5.91 Å². The number of amides is 1. The predicted molar refractivity (Wildman–Crippen MR) is 154 cm³/mol. The van der Waals surface area contributed by atoms with Gasteiger partial charge < -0.3 is 20.1 Å². The number of nitrogens with one attached hydrogen (secondary N) is 1. The molecule has 3 atom stereocenters. The maximum Gasteiger partial charge on any atom is 0.289 e. The first kappa shape index (κ1) is 34.1. The van der Waals surface area contributed by atoms with E-state index in [1.807, 2.05) is 20.8 Å². The molecule has 224 valence electrons. The van der Waals surface area contributed by atoms with E-state index in [0.29, 0.717) is 45.0 Å². The number of ether oxygens (including phenoxy) is 1. The second kappa shape index (κ2) is 13.2. The average Bonchev–Trinajstić information content (AvgIpc) is 3.12. The molecule has 4 rings (SSSR count). The highest BCUT2D eigenvalue weighted by atomic mass is 35.5. The van der Waals surface area contributed by atoms with Crippen LogP contribution in [-0.4, -0.2) is 103 Å². The number of morpholine rings is 1. The molecule has 0 unspecified atom stereocenters. The van der Waals surface area contributed by atoms with Crippen molar-refractivity contribution in [3.63, 3.8) is 0 Å². The summed E-state index contributed by atoms with van der Waals surface area (Å²) >= 11 is 0. The van der Waals surface area contributed by atoms with Gasteiger partial charge in [0, 0.05) is 68.4 Å². The van der Waals surface area contributed by atoms with Crippen LogP contribution in [0.3, 0.4) is 0 Å². The van der Waals surface area contributed by atoms with Crippen LogP contribution in [0.5, 0.6) is 0 Å². The van der Waals surface area contributed by atoms with E-state index >= 15 is 0 Å². The van der Waals surface area contributed by atoms with Crippen molar-refractivity contribution in [1.29, 1.82) is 0 Å². The van der Waals surface area contributed by atoms with Crippen LogP contribution in [0, 0.1) is 0 Å². The quantitative estimate of drug-likeness (QED) is 0.478. The highest BCUT2D eigenvalue weighted by Crippen LogP contribution is 2.43. The molecule has 2 N–H and O–H groups in total. The number of nitrogens with zero attached hydrogens (tertiary/aromatic N) is 4. The van der Waals surface area contributed by atoms with Crippen LogP contribution < -0.4 is 10.2 Å². The molecule has 3 aliphatic rings. The number of pyridine rings is 1. The minimum atomic E-state index is -3.03. The summed E-state index contributed by atoms with van der Waals surface area (Å²) in [7, 11) is 0. The minimum absolute atomic E-state index is 0. The Morgan fingerprint density at radius 2 is 2.03 bits per heavy atom. The number of rotatable bonds is 8. The summed E-state index contributed by atoms with van der Waals surface area (Å²) in [6.07, 6.45) is 1.61. The molecule has 3 aliphatic heterocycles. The van der Waals surface area contributed by atoms with Gasteiger partial charge in [0.1, 0.15) is 5.69 Å². The van der Waals surface area contributed by atoms with Gasteiger partial charge in [-0.1, -0.05) is 27.2 Å². The Bertz CT molecular complexity index is 989. The standard InChI is InChI=1S/C27H43F2N5O3.2ClH/c1-6-7-27(28,29)23-10-22-21(12-31-23)25(3,4)16-34(22)24(36)15-32-13-19(2)30-11-20(32)14-33-8-9-37-18-26(33,5)17-35;;/h10,12,19-20,30,35H,6-9,11,13-18H2,1-5H3;2*1H/t19-,20-,26+;;/m1../s1. The van der Waals surface area contributed by atoms with E-state index in [1.165, 1.54) is 12.3 Å². The monoisotopic (exact) mass is 595 g/mol. The second-order valence-electron chi connectivity index (χ2n) is 12.0. The number of aromatic nitrogens is 1. The fraction of sp³-hybridized carbons (Fsp3) is 0.778. The molecule has 1 aromatic rings. The van der Waals surface area contributed by atoms with E-state index in [0.717, 1.165) is 18.7 Å². The largest absolute Gasteiger partial charge is 0.394 e. The zero-order valence-corrected chi connectivity index (χ0v) is 25.3. The molecule has 2 saturated heterocycles. The van der Waals surface area contributed by atoms with Crippen LogP contribution >= 0.6 is 24.8 Å². The second-order valence-corrected chi connectivity index (χ2v) is 12.0. The fourth-order valence-electron chi connectivity index (χ4n) is 5.82. The lowest BCUT2D eigenvalue weighted by Crippen LogP contribution is -2.65. The average molecular weight is 597 g/mol. The lowest BCUT2D eigenvalue weighted by atomic mass is 9.88. The zero-order chi connectivity index (χ0) is 27.0. The molecule has 39 heavy (non-hydrogen) atoms. The van der Waals surface area contributed by atoms with Crippen molar-refractivity contribution >= 4 is 36.4 Å². The van der Waals surface area contributed by atoms with E-state index in [4.69, 9.17) is 4.74 Å². The molecular formula is C27H45Cl2F2N5O3. The van der Waals surface area contributed by atoms with E-state index < -0.39 is 11.5 Å². The Morgan fingerprint density at radius 3 is 2.69 bits per heavy atom. The molecule has 0 radical (unpaired) electrons. The van der Waals surface area contributed by atoms with Crippen molar-refractivity contribution in [2.75, 3.05) is 64.0 Å². The van der Waals surface area contributed by atoms with Gasteiger partial charge in [0.05, 0.1) is 37.6 Å². The van der Waals surface area contributed by atoms with E-state index in [-0.39, 0.29) is 73.5 Å². The number of hydrogen-bond donors (Lipinski definition) is 2. The minimum Gasteiger partial charge on any atom is -0.394 e. The summed E-state index contributed by atoms with van der Waals surface area (Å²) < 4.78 is 35.1. The van der Waals surface area contributed by atoms with Gasteiger partial charge in [-0.2, -0.15) is 8.78 Å². The van der Waals surface area contributed by atoms with Gasteiger partial charge >= 0.3 is 0 Å². The van der Waals surface area contributed by atoms with Crippen molar-refractivity contribution in [2.24, 2.45) is 0 Å². The number of piperazine rings is 1. The Labute approximate surface area is 243 Å². The number of halogens is 4. The third-order valence-electron chi connectivity index (χ3n) is 8.21. The van der Waals surface area contributed by atoms with Gasteiger partial charge in [-0.25, -0.2) is 0 Å². The van der Waals surface area contributed by atoms with Crippen LogP contribution in [0.1, 0.15) is 58.7 Å². The Morgan fingerprint density at radius 1 is 1.31 bits per heavy atom. The van der Waals surface area contributed by atoms with Crippen LogP contribution in [0.2, 0.25) is 0 Å². The summed E-state index contributed by atoms with van der Waals surface area (Å²) in [5.74, 6) is -3.12. The first-order chi connectivity index (χ1) is 17.4. The lowest BCUT2D eigenvalue weighted by molar-refractivity contribution is -0.122. The third-order valence-corrected chi connectivity index (χ3v) is 8.21. The van der Waals surface area contributed by atoms with Crippen molar-refractivity contribution in [3.8, 4) is 0 Å². The highest BCUT2D eigenvalue weighted by Gasteiger charge is 2.43. The topological polar surface area (TPSA) is 81.2 Å². The molecule has 8 nitrogen and oxygen atoms in total. The Hall–Kier alpha value is -1.14. The van der Waals surface area contributed by atoms with Crippen molar-refractivity contribution in [3.05, 3.63) is 23.5 Å². The number of alkyl halides is 2. The normalized spacial score (nSPS) is 27.4. The van der Waals surface area contributed by atoms with Crippen LogP contribution in [0.4, 0.5) is 14.5 Å². The SMILES string of the molecule is CCCC(F)(F)c1cc2c(cn1)C(C)(C)CN2C(=O)CN1C[C@@H](C)NC[C@@H]1CN1CCOC[C@]1(C)CO.Cl.Cl. The van der Waals surface area contributed by atoms with Crippen molar-refractivity contribution in [1.82, 2.24) is 20.1 Å². The van der Waals surface area contributed by atoms with Gasteiger partial charge in [0.15, 0.2) is 0 Å². The van der Waals surface area contributed by atoms with E-state index in [9.17, 15) is 18.7 Å². The van der Waals surface area contributed by atoms with Crippen molar-refractivity contribution < 1.29 is 23.4 Å². The third kappa shape index (κ3) is 7.20. The summed E-state index contributed by atoms with van der Waals surface area (Å²) in [6.45, 7) is 14.5. The Balaban J connectivity index is 0.00000267. The molecule has 0 spiro atoms. The zero-order valence-electron chi connectivity index (χ0n) is 23.7. The molecular weight excluding hydrogens is 551 g/mol. The molecule has 1 aromatic heterocycles. The molecule has 0 bridgehead atoms. The van der Waals surface area contributed by atoms with Gasteiger partial charge in [-0.3, -0.25) is 19.6 Å². The number of anilines is 1. The van der Waals surface area contributed by atoms with Gasteiger partial charge in [-0.15, -0.1) is 24.8 Å². The maximum absolute atomic E-state index is 14.7. The molecule has 2 fully saturated rings. The number of fused-ring (bicyclic) bond motifs is 1. The number of aliphatic hydroxyl groups excluding tert-OH is 1. The first-order valence-electron chi connectivity index (χ1n) is 13.5. The van der Waals surface area contributed by atoms with Crippen molar-refractivity contribution in [2.45, 2.75) is 76.4 Å². The first-order valence-corrected chi connectivity index (χ1v) is 13.5. The fourth-order valence-corrected chi connectivity index (χ4v) is 5.82. The molecule has 1 amide bonds. The van der Waals surface area contributed by atoms with Gasteiger partial charge in [-0.05, 0) is 19.9 Å². The molecule has 0 aromatic carbocycles. The van der Waals surface area contributed by atoms with Crippen LogP contribution in [-0.2, 0) is 20.9 Å².